The van der Waals surface area contributed by atoms with Crippen LogP contribution in [0.4, 0.5) is 14.9 Å². The summed E-state index contributed by atoms with van der Waals surface area (Å²) in [6.45, 7) is 5.99. The van der Waals surface area contributed by atoms with E-state index in [-0.39, 0.29) is 29.5 Å². The molecule has 0 unspecified atom stereocenters. The lowest BCUT2D eigenvalue weighted by molar-refractivity contribution is -0.0221. The highest BCUT2D eigenvalue weighted by atomic mass is 32.2. The number of benzene rings is 2. The Bertz CT molecular complexity index is 1170. The quantitative estimate of drug-likeness (QED) is 0.543. The Morgan fingerprint density at radius 2 is 1.77 bits per heavy atom. The van der Waals surface area contributed by atoms with Crippen LogP contribution in [0.1, 0.15) is 36.7 Å². The second-order valence-electron chi connectivity index (χ2n) is 9.12. The molecule has 1 amide bonds. The van der Waals surface area contributed by atoms with E-state index in [0.717, 1.165) is 0 Å². The van der Waals surface area contributed by atoms with E-state index in [4.69, 9.17) is 14.2 Å². The molecule has 0 aliphatic carbocycles. The van der Waals surface area contributed by atoms with E-state index in [1.54, 1.807) is 20.8 Å². The average Bonchev–Trinajstić information content (AvgIpc) is 2.74. The molecule has 1 fully saturated rings. The van der Waals surface area contributed by atoms with Gasteiger partial charge in [-0.2, -0.15) is 0 Å². The number of esters is 1. The number of hydrogen-bond donors (Lipinski definition) is 1. The summed E-state index contributed by atoms with van der Waals surface area (Å²) in [6.07, 6.45) is -0.565. The smallest absolute Gasteiger partial charge is 0.410 e. The van der Waals surface area contributed by atoms with Crippen LogP contribution in [0.5, 0.6) is 5.75 Å². The lowest BCUT2D eigenvalue weighted by atomic mass is 10.1. The summed E-state index contributed by atoms with van der Waals surface area (Å²) in [5.41, 5.74) is 0.0984. The highest BCUT2D eigenvalue weighted by molar-refractivity contribution is 7.92. The van der Waals surface area contributed by atoms with E-state index < -0.39 is 33.5 Å². The Hall–Kier alpha value is -3.34. The fourth-order valence-electron chi connectivity index (χ4n) is 3.27. The van der Waals surface area contributed by atoms with E-state index in [0.29, 0.717) is 24.4 Å². The van der Waals surface area contributed by atoms with Crippen LogP contribution in [0.25, 0.3) is 0 Å². The van der Waals surface area contributed by atoms with Crippen LogP contribution in [0, 0.1) is 5.82 Å². The SMILES string of the molecule is COC(=O)c1cc(OC2CN(C(=O)OC(C)(C)C)C2)ccc1NS(=O)(=O)CCc1ccc(F)cc1. The predicted octanol–water partition coefficient (Wildman–Crippen LogP) is 3.59. The highest BCUT2D eigenvalue weighted by Gasteiger charge is 2.35. The number of sulfonamides is 1. The summed E-state index contributed by atoms with van der Waals surface area (Å²) in [4.78, 5) is 25.9. The van der Waals surface area contributed by atoms with Gasteiger partial charge in [0, 0.05) is 0 Å². The number of nitrogens with zero attached hydrogens (tertiary/aromatic N) is 1. The number of amides is 1. The molecule has 1 saturated heterocycles. The Morgan fingerprint density at radius 3 is 2.37 bits per heavy atom. The minimum atomic E-state index is -3.82. The predicted molar refractivity (Wildman–Crippen MR) is 128 cm³/mol. The second kappa shape index (κ2) is 10.5. The summed E-state index contributed by atoms with van der Waals surface area (Å²) in [7, 11) is -2.63. The first-order valence-corrected chi connectivity index (χ1v) is 12.6. The maximum atomic E-state index is 13.0. The van der Waals surface area contributed by atoms with Crippen molar-refractivity contribution in [1.82, 2.24) is 4.90 Å². The number of carbonyl (C=O) groups excluding carboxylic acids is 2. The van der Waals surface area contributed by atoms with Gasteiger partial charge in [0.05, 0.1) is 37.2 Å². The standard InChI is InChI=1S/C24H29FN2O7S/c1-24(2,3)34-23(29)27-14-19(15-27)33-18-9-10-21(20(13-18)22(28)32-4)26-35(30,31)12-11-16-5-7-17(25)8-6-16/h5-10,13,19,26H,11-12,14-15H2,1-4H3. The number of anilines is 1. The molecule has 0 spiro atoms. The van der Waals surface area contributed by atoms with Crippen molar-refractivity contribution < 1.29 is 36.6 Å². The zero-order valence-electron chi connectivity index (χ0n) is 20.0. The van der Waals surface area contributed by atoms with Crippen molar-refractivity contribution in [2.24, 2.45) is 0 Å². The van der Waals surface area contributed by atoms with Gasteiger partial charge in [-0.05, 0) is 63.1 Å². The molecule has 1 aliphatic heterocycles. The molecule has 0 radical (unpaired) electrons. The van der Waals surface area contributed by atoms with Crippen molar-refractivity contribution >= 4 is 27.8 Å². The average molecular weight is 509 g/mol. The zero-order valence-corrected chi connectivity index (χ0v) is 20.9. The summed E-state index contributed by atoms with van der Waals surface area (Å²) < 4.78 is 56.6. The van der Waals surface area contributed by atoms with Gasteiger partial charge in [-0.3, -0.25) is 4.72 Å². The van der Waals surface area contributed by atoms with Crippen molar-refractivity contribution in [2.45, 2.75) is 38.9 Å². The highest BCUT2D eigenvalue weighted by Crippen LogP contribution is 2.27. The maximum absolute atomic E-state index is 13.0. The zero-order chi connectivity index (χ0) is 25.8. The Morgan fingerprint density at radius 1 is 1.11 bits per heavy atom. The Labute approximate surface area is 204 Å². The van der Waals surface area contributed by atoms with E-state index in [1.807, 2.05) is 0 Å². The monoisotopic (exact) mass is 508 g/mol. The molecule has 190 valence electrons. The van der Waals surface area contributed by atoms with Gasteiger partial charge in [0.25, 0.3) is 0 Å². The van der Waals surface area contributed by atoms with Gasteiger partial charge in [-0.25, -0.2) is 22.4 Å². The van der Waals surface area contributed by atoms with Gasteiger partial charge in [0.2, 0.25) is 10.0 Å². The third-order valence-electron chi connectivity index (χ3n) is 5.04. The fraction of sp³-hybridized carbons (Fsp3) is 0.417. The second-order valence-corrected chi connectivity index (χ2v) is 11.0. The summed E-state index contributed by atoms with van der Waals surface area (Å²) in [6, 6.07) is 9.89. The largest absolute Gasteiger partial charge is 0.487 e. The van der Waals surface area contributed by atoms with E-state index in [1.165, 1.54) is 54.5 Å². The van der Waals surface area contributed by atoms with Crippen LogP contribution in [0.2, 0.25) is 0 Å². The number of halogens is 1. The van der Waals surface area contributed by atoms with E-state index in [9.17, 15) is 22.4 Å². The van der Waals surface area contributed by atoms with Crippen LogP contribution >= 0.6 is 0 Å². The van der Waals surface area contributed by atoms with Gasteiger partial charge in [0.15, 0.2) is 0 Å². The van der Waals surface area contributed by atoms with Crippen LogP contribution in [0.15, 0.2) is 42.5 Å². The van der Waals surface area contributed by atoms with Crippen LogP contribution in [-0.2, 0) is 25.9 Å². The molecule has 2 aromatic rings. The number of hydrogen-bond acceptors (Lipinski definition) is 7. The molecular formula is C24H29FN2O7S. The summed E-state index contributed by atoms with van der Waals surface area (Å²) in [5, 5.41) is 0. The third kappa shape index (κ3) is 7.57. The molecule has 9 nitrogen and oxygen atoms in total. The van der Waals surface area contributed by atoms with Crippen molar-refractivity contribution in [3.63, 3.8) is 0 Å². The lowest BCUT2D eigenvalue weighted by Crippen LogP contribution is -2.57. The molecule has 35 heavy (non-hydrogen) atoms. The first kappa shape index (κ1) is 26.3. The molecule has 1 heterocycles. The van der Waals surface area contributed by atoms with Crippen molar-refractivity contribution in [3.8, 4) is 5.75 Å². The Balaban J connectivity index is 1.64. The van der Waals surface area contributed by atoms with Crippen molar-refractivity contribution in [2.75, 3.05) is 30.7 Å². The topological polar surface area (TPSA) is 111 Å². The molecule has 1 aliphatic rings. The molecule has 3 rings (SSSR count). The molecule has 0 bridgehead atoms. The van der Waals surface area contributed by atoms with Crippen molar-refractivity contribution in [3.05, 3.63) is 59.4 Å². The number of likely N-dealkylation sites (tertiary alicyclic amines) is 1. The van der Waals surface area contributed by atoms with Gasteiger partial charge in [0.1, 0.15) is 23.3 Å². The van der Waals surface area contributed by atoms with Gasteiger partial charge in [-0.1, -0.05) is 12.1 Å². The van der Waals surface area contributed by atoms with Gasteiger partial charge >= 0.3 is 12.1 Å². The molecule has 0 saturated carbocycles. The number of ether oxygens (including phenoxy) is 3. The minimum absolute atomic E-state index is 0.0151. The number of methoxy groups -OCH3 is 1. The maximum Gasteiger partial charge on any atom is 0.410 e. The number of rotatable bonds is 8. The molecule has 1 N–H and O–H groups in total. The molecule has 11 heteroatoms. The molecule has 0 atom stereocenters. The summed E-state index contributed by atoms with van der Waals surface area (Å²) in [5.74, 6) is -1.08. The Kier molecular flexibility index (Phi) is 7.89. The fourth-order valence-corrected chi connectivity index (χ4v) is 4.39. The summed E-state index contributed by atoms with van der Waals surface area (Å²) >= 11 is 0. The molecule has 0 aromatic heterocycles. The minimum Gasteiger partial charge on any atom is -0.487 e. The van der Waals surface area contributed by atoms with Crippen LogP contribution in [-0.4, -0.2) is 63.0 Å². The number of aryl methyl sites for hydroxylation is 1. The first-order valence-electron chi connectivity index (χ1n) is 11.0. The van der Waals surface area contributed by atoms with Crippen molar-refractivity contribution in [1.29, 1.82) is 0 Å². The van der Waals surface area contributed by atoms with Crippen LogP contribution in [0.3, 0.4) is 0 Å². The van der Waals surface area contributed by atoms with Crippen LogP contribution < -0.4 is 9.46 Å². The first-order chi connectivity index (χ1) is 16.3. The third-order valence-corrected chi connectivity index (χ3v) is 6.31. The molecular weight excluding hydrogens is 479 g/mol. The number of nitrogens with one attached hydrogen (secondary N) is 1. The molecule has 2 aromatic carbocycles. The normalized spacial score (nSPS) is 14.1. The lowest BCUT2D eigenvalue weighted by Gasteiger charge is -2.39. The van der Waals surface area contributed by atoms with Gasteiger partial charge in [-0.15, -0.1) is 0 Å². The van der Waals surface area contributed by atoms with E-state index in [2.05, 4.69) is 4.72 Å². The number of carbonyl (C=O) groups is 2. The van der Waals surface area contributed by atoms with Gasteiger partial charge < -0.3 is 19.1 Å². The van der Waals surface area contributed by atoms with E-state index >= 15 is 0 Å².